The molecule has 2 unspecified atom stereocenters. The summed E-state index contributed by atoms with van der Waals surface area (Å²) in [5.74, 6) is 0. The molecule has 0 saturated heterocycles. The molecule has 14 heavy (non-hydrogen) atoms. The first-order valence-electron chi connectivity index (χ1n) is 3.98. The quantitative estimate of drug-likeness (QED) is 0.409. The molecule has 0 spiro atoms. The first kappa shape index (κ1) is 10.6. The van der Waals surface area contributed by atoms with Crippen LogP contribution < -0.4 is 0 Å². The summed E-state index contributed by atoms with van der Waals surface area (Å²) in [5.41, 5.74) is -1.52. The Balaban J connectivity index is 3.14. The first-order chi connectivity index (χ1) is 6.58. The van der Waals surface area contributed by atoms with Crippen LogP contribution in [0.2, 0.25) is 0 Å². The van der Waals surface area contributed by atoms with E-state index in [2.05, 4.69) is 6.58 Å². The van der Waals surface area contributed by atoms with Crippen LogP contribution in [0.1, 0.15) is 0 Å². The average Bonchev–Trinajstić information content (AvgIpc) is 2.18. The minimum Gasteiger partial charge on any atom is -0.378 e. The fourth-order valence-corrected chi connectivity index (χ4v) is 1.31. The van der Waals surface area contributed by atoms with E-state index in [0.29, 0.717) is 5.57 Å². The minimum absolute atomic E-state index is 0.367. The number of hydrogen-bond donors (Lipinski definition) is 1. The van der Waals surface area contributed by atoms with Crippen LogP contribution in [-0.4, -0.2) is 29.0 Å². The van der Waals surface area contributed by atoms with Crippen molar-refractivity contribution in [1.29, 1.82) is 0 Å². The zero-order chi connectivity index (χ0) is 10.8. The van der Waals surface area contributed by atoms with Crippen LogP contribution in [0.25, 0.3) is 0 Å². The lowest BCUT2D eigenvalue weighted by Gasteiger charge is -2.27. The molecule has 1 rings (SSSR count). The summed E-state index contributed by atoms with van der Waals surface area (Å²) in [6.07, 6.45) is 4.27. The maximum Gasteiger partial charge on any atom is 0.374 e. The molecule has 2 atom stereocenters. The lowest BCUT2D eigenvalue weighted by atomic mass is 9.94. The number of ether oxygens (including phenoxy) is 1. The molecule has 5 nitrogen and oxygen atoms in total. The van der Waals surface area contributed by atoms with Gasteiger partial charge in [-0.3, -0.25) is 10.1 Å². The van der Waals surface area contributed by atoms with Crippen molar-refractivity contribution in [2.45, 2.75) is 11.8 Å². The highest BCUT2D eigenvalue weighted by Crippen LogP contribution is 2.27. The highest BCUT2D eigenvalue weighted by molar-refractivity contribution is 5.34. The highest BCUT2D eigenvalue weighted by atomic mass is 16.7. The van der Waals surface area contributed by atoms with Crippen molar-refractivity contribution in [2.24, 2.45) is 0 Å². The first-order valence-corrected chi connectivity index (χ1v) is 3.98. The second kappa shape index (κ2) is 3.73. The third kappa shape index (κ3) is 1.36. The van der Waals surface area contributed by atoms with Crippen LogP contribution in [0.15, 0.2) is 36.5 Å². The predicted molar refractivity (Wildman–Crippen MR) is 50.2 cm³/mol. The molecule has 1 N–H and O–H groups in total. The predicted octanol–water partition coefficient (Wildman–Crippen LogP) is 0.649. The second-order valence-corrected chi connectivity index (χ2v) is 2.85. The molecule has 1 aliphatic rings. The molecule has 0 amide bonds. The van der Waals surface area contributed by atoms with Crippen molar-refractivity contribution in [3.05, 3.63) is 46.6 Å². The van der Waals surface area contributed by atoms with Crippen molar-refractivity contribution < 1.29 is 14.8 Å². The molecule has 0 bridgehead atoms. The third-order valence-corrected chi connectivity index (χ3v) is 2.18. The highest BCUT2D eigenvalue weighted by Gasteiger charge is 2.50. The van der Waals surface area contributed by atoms with E-state index < -0.39 is 16.8 Å². The lowest BCUT2D eigenvalue weighted by molar-refractivity contribution is -0.621. The fraction of sp³-hybridized carbons (Fsp3) is 0.333. The topological polar surface area (TPSA) is 72.6 Å². The van der Waals surface area contributed by atoms with Gasteiger partial charge in [-0.2, -0.15) is 0 Å². The minimum atomic E-state index is -1.89. The maximum atomic E-state index is 10.8. The Labute approximate surface area is 81.1 Å². The number of aliphatic hydroxyl groups is 1. The molecule has 5 heteroatoms. The standard InChI is InChI=1S/C9H11NO4/c1-3-7-5-4-6-9(14-2,8(7)11)10(12)13/h3-6,8,11H,1H2,2H3. The Morgan fingerprint density at radius 3 is 2.93 bits per heavy atom. The van der Waals surface area contributed by atoms with E-state index >= 15 is 0 Å². The van der Waals surface area contributed by atoms with Gasteiger partial charge in [0.1, 0.15) is 0 Å². The van der Waals surface area contributed by atoms with E-state index in [1.54, 1.807) is 6.08 Å². The van der Waals surface area contributed by atoms with Crippen LogP contribution in [0.3, 0.4) is 0 Å². The maximum absolute atomic E-state index is 10.8. The summed E-state index contributed by atoms with van der Waals surface area (Å²) in [6.45, 7) is 3.45. The molecule has 76 valence electrons. The molecule has 1 aliphatic carbocycles. The molecule has 0 saturated carbocycles. The summed E-state index contributed by atoms with van der Waals surface area (Å²) in [5, 5.41) is 20.5. The molecular formula is C9H11NO4. The molecule has 0 aromatic heterocycles. The summed E-state index contributed by atoms with van der Waals surface area (Å²) >= 11 is 0. The smallest absolute Gasteiger partial charge is 0.374 e. The van der Waals surface area contributed by atoms with Crippen LogP contribution in [0.5, 0.6) is 0 Å². The van der Waals surface area contributed by atoms with Crippen molar-refractivity contribution >= 4 is 0 Å². The Morgan fingerprint density at radius 2 is 2.50 bits per heavy atom. The van der Waals surface area contributed by atoms with Gasteiger partial charge in [-0.05, 0) is 5.57 Å². The largest absolute Gasteiger partial charge is 0.378 e. The second-order valence-electron chi connectivity index (χ2n) is 2.85. The monoisotopic (exact) mass is 197 g/mol. The van der Waals surface area contributed by atoms with Gasteiger partial charge in [0.15, 0.2) is 6.10 Å². The summed E-state index contributed by atoms with van der Waals surface area (Å²) in [4.78, 5) is 10.1. The van der Waals surface area contributed by atoms with Gasteiger partial charge in [-0.25, -0.2) is 0 Å². The Kier molecular flexibility index (Phi) is 2.83. The van der Waals surface area contributed by atoms with Crippen LogP contribution >= 0.6 is 0 Å². The van der Waals surface area contributed by atoms with Gasteiger partial charge in [-0.15, -0.1) is 0 Å². The number of nitrogens with zero attached hydrogens (tertiary/aromatic N) is 1. The number of rotatable bonds is 3. The fourth-order valence-electron chi connectivity index (χ4n) is 1.31. The molecule has 0 aromatic carbocycles. The molecule has 0 radical (unpaired) electrons. The average molecular weight is 197 g/mol. The number of nitro groups is 1. The van der Waals surface area contributed by atoms with Gasteiger partial charge < -0.3 is 9.84 Å². The van der Waals surface area contributed by atoms with Crippen molar-refractivity contribution in [2.75, 3.05) is 7.11 Å². The van der Waals surface area contributed by atoms with Gasteiger partial charge in [0.25, 0.3) is 0 Å². The van der Waals surface area contributed by atoms with E-state index in [1.165, 1.54) is 25.3 Å². The van der Waals surface area contributed by atoms with Gasteiger partial charge in [0, 0.05) is 13.2 Å². The van der Waals surface area contributed by atoms with E-state index in [1.807, 2.05) is 0 Å². The number of aliphatic hydroxyl groups excluding tert-OH is 1. The summed E-state index contributed by atoms with van der Waals surface area (Å²) < 4.78 is 4.76. The normalized spacial score (nSPS) is 31.0. The van der Waals surface area contributed by atoms with Crippen LogP contribution in [0, 0.1) is 10.1 Å². The molecular weight excluding hydrogens is 186 g/mol. The summed E-state index contributed by atoms with van der Waals surface area (Å²) in [6, 6.07) is 0. The van der Waals surface area contributed by atoms with Gasteiger partial charge >= 0.3 is 5.72 Å². The Bertz CT molecular complexity index is 321. The Morgan fingerprint density at radius 1 is 1.86 bits per heavy atom. The lowest BCUT2D eigenvalue weighted by Crippen LogP contribution is -2.51. The third-order valence-electron chi connectivity index (χ3n) is 2.18. The van der Waals surface area contributed by atoms with Crippen molar-refractivity contribution in [3.63, 3.8) is 0 Å². The number of allylic oxidation sites excluding steroid dienone is 2. The van der Waals surface area contributed by atoms with E-state index in [4.69, 9.17) is 4.74 Å². The van der Waals surface area contributed by atoms with Gasteiger partial charge in [0.05, 0.1) is 4.92 Å². The number of methoxy groups -OCH3 is 1. The number of hydrogen-bond acceptors (Lipinski definition) is 4. The van der Waals surface area contributed by atoms with E-state index in [-0.39, 0.29) is 0 Å². The molecule has 0 aliphatic heterocycles. The molecule has 0 aromatic rings. The van der Waals surface area contributed by atoms with Crippen molar-refractivity contribution in [1.82, 2.24) is 0 Å². The van der Waals surface area contributed by atoms with Crippen molar-refractivity contribution in [3.8, 4) is 0 Å². The van der Waals surface area contributed by atoms with Crippen LogP contribution in [0.4, 0.5) is 0 Å². The van der Waals surface area contributed by atoms with Gasteiger partial charge in [-0.1, -0.05) is 24.8 Å². The Hall–Kier alpha value is -1.46. The van der Waals surface area contributed by atoms with E-state index in [0.717, 1.165) is 0 Å². The zero-order valence-electron chi connectivity index (χ0n) is 7.71. The molecule has 0 fully saturated rings. The SMILES string of the molecule is C=CC1=CC=CC(OC)([N+](=O)[O-])C1O. The zero-order valence-corrected chi connectivity index (χ0v) is 7.71. The summed E-state index contributed by atoms with van der Waals surface area (Å²) in [7, 11) is 1.18. The van der Waals surface area contributed by atoms with Crippen LogP contribution in [-0.2, 0) is 4.74 Å². The molecule has 0 heterocycles. The van der Waals surface area contributed by atoms with E-state index in [9.17, 15) is 15.2 Å². The van der Waals surface area contributed by atoms with Gasteiger partial charge in [0.2, 0.25) is 0 Å².